The van der Waals surface area contributed by atoms with Crippen LogP contribution in [0.4, 0.5) is 10.1 Å². The molecule has 152 valence electrons. The number of hydrogen-bond acceptors (Lipinski definition) is 4. The van der Waals surface area contributed by atoms with Crippen molar-refractivity contribution in [2.75, 3.05) is 44.7 Å². The van der Waals surface area contributed by atoms with Gasteiger partial charge < -0.3 is 19.7 Å². The summed E-state index contributed by atoms with van der Waals surface area (Å²) in [5.41, 5.74) is 0.867. The van der Waals surface area contributed by atoms with Crippen molar-refractivity contribution < 1.29 is 9.18 Å². The lowest BCUT2D eigenvalue weighted by molar-refractivity contribution is 0.0791. The van der Waals surface area contributed by atoms with Crippen molar-refractivity contribution in [2.24, 2.45) is 0 Å². The maximum atomic E-state index is 14.9. The number of anilines is 1. The van der Waals surface area contributed by atoms with Gasteiger partial charge in [0.25, 0.3) is 5.91 Å². The van der Waals surface area contributed by atoms with E-state index in [1.807, 2.05) is 16.4 Å². The van der Waals surface area contributed by atoms with Crippen LogP contribution in [-0.4, -0.2) is 55.1 Å². The van der Waals surface area contributed by atoms with Crippen LogP contribution in [0.2, 0.25) is 0 Å². The van der Waals surface area contributed by atoms with Gasteiger partial charge in [-0.15, -0.1) is 0 Å². The number of fused-ring (bicyclic) bond motifs is 1. The molecule has 0 saturated carbocycles. The predicted octanol–water partition coefficient (Wildman–Crippen LogP) is 2.44. The monoisotopic (exact) mass is 388 g/mol. The van der Waals surface area contributed by atoms with Crippen molar-refractivity contribution in [3.8, 4) is 0 Å². The molecule has 1 aliphatic rings. The first-order valence-electron chi connectivity index (χ1n) is 10.1. The summed E-state index contributed by atoms with van der Waals surface area (Å²) in [6, 6.07) is 3.04. The summed E-state index contributed by atoms with van der Waals surface area (Å²) in [6.45, 7) is 8.22. The first-order valence-corrected chi connectivity index (χ1v) is 10.1. The lowest BCUT2D eigenvalue weighted by atomic mass is 10.1. The molecule has 0 unspecified atom stereocenters. The maximum Gasteiger partial charge on any atom is 0.259 e. The molecule has 1 aliphatic heterocycles. The highest BCUT2D eigenvalue weighted by atomic mass is 19.1. The normalized spacial score (nSPS) is 14.5. The average Bonchev–Trinajstić information content (AvgIpc) is 2.72. The minimum atomic E-state index is -0.418. The molecule has 1 N–H and O–H groups in total. The molecular weight excluding hydrogens is 359 g/mol. The molecule has 0 bridgehead atoms. The Labute approximate surface area is 164 Å². The van der Waals surface area contributed by atoms with Gasteiger partial charge in [-0.2, -0.15) is 0 Å². The fourth-order valence-corrected chi connectivity index (χ4v) is 3.66. The van der Waals surface area contributed by atoms with E-state index in [2.05, 4.69) is 12.2 Å². The third-order valence-electron chi connectivity index (χ3n) is 5.37. The first-order chi connectivity index (χ1) is 13.5. The Morgan fingerprint density at radius 3 is 2.61 bits per heavy atom. The minimum Gasteiger partial charge on any atom is -0.367 e. The molecule has 0 spiro atoms. The van der Waals surface area contributed by atoms with Crippen molar-refractivity contribution >= 4 is 22.5 Å². The van der Waals surface area contributed by atoms with E-state index in [1.54, 1.807) is 24.2 Å². The minimum absolute atomic E-state index is 0.0993. The highest BCUT2D eigenvalue weighted by Crippen LogP contribution is 2.25. The molecule has 7 heteroatoms. The van der Waals surface area contributed by atoms with Crippen molar-refractivity contribution in [3.63, 3.8) is 0 Å². The molecule has 6 nitrogen and oxygen atoms in total. The van der Waals surface area contributed by atoms with E-state index in [9.17, 15) is 14.0 Å². The number of unbranched alkanes of at least 4 members (excludes halogenated alkanes) is 1. The number of halogens is 1. The lowest BCUT2D eigenvalue weighted by Crippen LogP contribution is -2.44. The van der Waals surface area contributed by atoms with Gasteiger partial charge in [0.05, 0.1) is 11.2 Å². The molecule has 1 aromatic heterocycles. The number of aryl methyl sites for hydroxylation is 1. The summed E-state index contributed by atoms with van der Waals surface area (Å²) in [7, 11) is 1.70. The van der Waals surface area contributed by atoms with Gasteiger partial charge in [0.15, 0.2) is 0 Å². The van der Waals surface area contributed by atoms with Gasteiger partial charge >= 0.3 is 0 Å². The number of hydrogen-bond donors (Lipinski definition) is 1. The third-order valence-corrected chi connectivity index (χ3v) is 5.37. The quantitative estimate of drug-likeness (QED) is 0.826. The Morgan fingerprint density at radius 1 is 1.25 bits per heavy atom. The highest BCUT2D eigenvalue weighted by molar-refractivity contribution is 5.97. The van der Waals surface area contributed by atoms with Gasteiger partial charge in [-0.05, 0) is 25.5 Å². The van der Waals surface area contributed by atoms with Gasteiger partial charge in [0.1, 0.15) is 11.4 Å². The van der Waals surface area contributed by atoms with E-state index in [1.165, 1.54) is 6.07 Å². The molecule has 3 rings (SSSR count). The molecule has 2 aromatic rings. The number of piperazine rings is 1. The summed E-state index contributed by atoms with van der Waals surface area (Å²) in [5, 5.41) is 3.51. The Morgan fingerprint density at radius 2 is 1.96 bits per heavy atom. The number of carbonyl (C=O) groups excluding carboxylic acids is 1. The van der Waals surface area contributed by atoms with Gasteiger partial charge in [0.2, 0.25) is 5.43 Å². The summed E-state index contributed by atoms with van der Waals surface area (Å²) < 4.78 is 16.7. The van der Waals surface area contributed by atoms with E-state index in [0.717, 1.165) is 39.0 Å². The Kier molecular flexibility index (Phi) is 6.34. The van der Waals surface area contributed by atoms with Crippen LogP contribution in [0.15, 0.2) is 23.1 Å². The van der Waals surface area contributed by atoms with E-state index in [4.69, 9.17) is 0 Å². The van der Waals surface area contributed by atoms with Crippen LogP contribution >= 0.6 is 0 Å². The summed E-state index contributed by atoms with van der Waals surface area (Å²) >= 11 is 0. The van der Waals surface area contributed by atoms with Crippen molar-refractivity contribution in [3.05, 3.63) is 39.9 Å². The number of aromatic nitrogens is 1. The maximum absolute atomic E-state index is 14.9. The van der Waals surface area contributed by atoms with Gasteiger partial charge in [-0.3, -0.25) is 9.59 Å². The molecule has 1 fully saturated rings. The Balaban J connectivity index is 2.09. The van der Waals surface area contributed by atoms with Crippen LogP contribution < -0.4 is 15.6 Å². The number of pyridine rings is 1. The lowest BCUT2D eigenvalue weighted by Gasteiger charge is -2.30. The molecule has 1 aromatic carbocycles. The second kappa shape index (κ2) is 8.73. The number of carbonyl (C=O) groups is 1. The fraction of sp³-hybridized carbons (Fsp3) is 0.524. The number of amides is 1. The van der Waals surface area contributed by atoms with Crippen LogP contribution in [0.3, 0.4) is 0 Å². The van der Waals surface area contributed by atoms with Gasteiger partial charge in [-0.1, -0.05) is 13.3 Å². The molecule has 28 heavy (non-hydrogen) atoms. The number of nitrogens with one attached hydrogen (secondary N) is 1. The molecule has 2 heterocycles. The fourth-order valence-electron chi connectivity index (χ4n) is 3.66. The van der Waals surface area contributed by atoms with Crippen molar-refractivity contribution in [1.82, 2.24) is 14.8 Å². The highest BCUT2D eigenvalue weighted by Gasteiger charge is 2.21. The topological polar surface area (TPSA) is 57.6 Å². The zero-order valence-electron chi connectivity index (χ0n) is 16.9. The largest absolute Gasteiger partial charge is 0.367 e. The summed E-state index contributed by atoms with van der Waals surface area (Å²) in [6.07, 6.45) is 3.46. The molecule has 1 amide bonds. The Bertz CT molecular complexity index is 919. The van der Waals surface area contributed by atoms with Crippen LogP contribution in [-0.2, 0) is 6.54 Å². The van der Waals surface area contributed by atoms with Gasteiger partial charge in [0, 0.05) is 57.9 Å². The Hall–Kier alpha value is -2.41. The van der Waals surface area contributed by atoms with Crippen LogP contribution in [0.5, 0.6) is 0 Å². The zero-order chi connectivity index (χ0) is 20.3. The molecule has 0 aliphatic carbocycles. The third kappa shape index (κ3) is 3.90. The van der Waals surface area contributed by atoms with Crippen LogP contribution in [0.25, 0.3) is 10.9 Å². The number of nitrogens with zero attached hydrogens (tertiary/aromatic N) is 3. The molecule has 0 radical (unpaired) electrons. The predicted molar refractivity (Wildman–Crippen MR) is 111 cm³/mol. The first kappa shape index (κ1) is 20.3. The molecular formula is C21H29FN4O2. The second-order valence-corrected chi connectivity index (χ2v) is 7.30. The van der Waals surface area contributed by atoms with Crippen molar-refractivity contribution in [2.45, 2.75) is 33.2 Å². The smallest absolute Gasteiger partial charge is 0.259 e. The second-order valence-electron chi connectivity index (χ2n) is 7.30. The van der Waals surface area contributed by atoms with Gasteiger partial charge in [-0.25, -0.2) is 4.39 Å². The molecule has 1 saturated heterocycles. The standard InChI is InChI=1S/C21H29FN4O2/c1-4-6-9-24(3)21(28)16-14-25(5-2)18-13-19(26-10-7-23-8-11-26)17(22)12-15(18)20(16)27/h12-14,23H,4-11H2,1-3H3. The van der Waals surface area contributed by atoms with E-state index < -0.39 is 11.2 Å². The van der Waals surface area contributed by atoms with E-state index >= 15 is 0 Å². The van der Waals surface area contributed by atoms with Crippen LogP contribution in [0.1, 0.15) is 37.0 Å². The zero-order valence-corrected chi connectivity index (χ0v) is 16.9. The number of benzene rings is 1. The van der Waals surface area contributed by atoms with E-state index in [-0.39, 0.29) is 16.9 Å². The van der Waals surface area contributed by atoms with Crippen LogP contribution in [0, 0.1) is 5.82 Å². The summed E-state index contributed by atoms with van der Waals surface area (Å²) in [4.78, 5) is 29.4. The SMILES string of the molecule is CCCCN(C)C(=O)c1cn(CC)c2cc(N3CCNCC3)c(F)cc2c1=O. The van der Waals surface area contributed by atoms with Crippen molar-refractivity contribution in [1.29, 1.82) is 0 Å². The average molecular weight is 388 g/mol. The van der Waals surface area contributed by atoms with E-state index in [0.29, 0.717) is 24.3 Å². The molecule has 0 atom stereocenters. The summed E-state index contributed by atoms with van der Waals surface area (Å²) in [5.74, 6) is -0.729. The number of rotatable bonds is 6.